The van der Waals surface area contributed by atoms with Gasteiger partial charge in [-0.1, -0.05) is 28.8 Å². The third-order valence-electron chi connectivity index (χ3n) is 3.16. The fourth-order valence-electron chi connectivity index (χ4n) is 2.36. The van der Waals surface area contributed by atoms with Gasteiger partial charge in [0.05, 0.1) is 12.2 Å². The van der Waals surface area contributed by atoms with Crippen LogP contribution in [0.25, 0.3) is 0 Å². The second-order valence-corrected chi connectivity index (χ2v) is 5.14. The minimum absolute atomic E-state index is 0.0175. The molecular weight excluding hydrogens is 248 g/mol. The lowest BCUT2D eigenvalue weighted by Crippen LogP contribution is -2.06. The molecule has 0 fully saturated rings. The maximum Gasteiger partial charge on any atom is 0.196 e. The average Bonchev–Trinajstić information content (AvgIpc) is 2.39. The average molecular weight is 268 g/mol. The van der Waals surface area contributed by atoms with Crippen molar-refractivity contribution in [3.63, 3.8) is 0 Å². The first-order valence-electron chi connectivity index (χ1n) is 6.87. The highest BCUT2D eigenvalue weighted by molar-refractivity contribution is 6.11. The van der Waals surface area contributed by atoms with E-state index >= 15 is 0 Å². The summed E-state index contributed by atoms with van der Waals surface area (Å²) in [6, 6.07) is 11.6. The number of benzene rings is 2. The van der Waals surface area contributed by atoms with Gasteiger partial charge in [-0.3, -0.25) is 4.79 Å². The van der Waals surface area contributed by atoms with Crippen molar-refractivity contribution in [2.45, 2.75) is 27.7 Å². The number of rotatable bonds is 4. The molecule has 0 atom stereocenters. The molecule has 0 heterocycles. The summed E-state index contributed by atoms with van der Waals surface area (Å²) in [7, 11) is 0. The number of hydrogen-bond donors (Lipinski definition) is 0. The van der Waals surface area contributed by atoms with Gasteiger partial charge in [-0.15, -0.1) is 0 Å². The number of aryl methyl sites for hydroxylation is 3. The molecule has 0 amide bonds. The topological polar surface area (TPSA) is 26.3 Å². The molecule has 0 spiro atoms. The van der Waals surface area contributed by atoms with Crippen LogP contribution >= 0.6 is 0 Å². The van der Waals surface area contributed by atoms with Gasteiger partial charge in [-0.2, -0.15) is 0 Å². The van der Waals surface area contributed by atoms with Gasteiger partial charge in [0.2, 0.25) is 0 Å². The van der Waals surface area contributed by atoms with Crippen LogP contribution in [0, 0.1) is 20.8 Å². The summed E-state index contributed by atoms with van der Waals surface area (Å²) < 4.78 is 5.57. The van der Waals surface area contributed by atoms with Crippen LogP contribution < -0.4 is 4.74 Å². The van der Waals surface area contributed by atoms with E-state index in [9.17, 15) is 4.79 Å². The molecule has 2 rings (SSSR count). The molecule has 0 unspecified atom stereocenters. The van der Waals surface area contributed by atoms with Crippen molar-refractivity contribution in [1.29, 1.82) is 0 Å². The van der Waals surface area contributed by atoms with Crippen LogP contribution in [0.5, 0.6) is 5.75 Å². The van der Waals surface area contributed by atoms with E-state index in [1.165, 1.54) is 0 Å². The third-order valence-corrected chi connectivity index (χ3v) is 3.16. The van der Waals surface area contributed by atoms with E-state index < -0.39 is 0 Å². The Morgan fingerprint density at radius 1 is 0.950 bits per heavy atom. The largest absolute Gasteiger partial charge is 0.493 e. The first kappa shape index (κ1) is 14.3. The van der Waals surface area contributed by atoms with Gasteiger partial charge < -0.3 is 4.74 Å². The van der Waals surface area contributed by atoms with Crippen LogP contribution in [0.4, 0.5) is 0 Å². The van der Waals surface area contributed by atoms with Gasteiger partial charge in [-0.25, -0.2) is 0 Å². The van der Waals surface area contributed by atoms with E-state index in [0.717, 1.165) is 16.7 Å². The van der Waals surface area contributed by atoms with Gasteiger partial charge in [0, 0.05) is 5.56 Å². The summed E-state index contributed by atoms with van der Waals surface area (Å²) >= 11 is 0. The lowest BCUT2D eigenvalue weighted by atomic mass is 9.97. The van der Waals surface area contributed by atoms with Crippen molar-refractivity contribution in [3.05, 3.63) is 64.2 Å². The smallest absolute Gasteiger partial charge is 0.196 e. The van der Waals surface area contributed by atoms with E-state index in [4.69, 9.17) is 4.74 Å². The molecule has 0 N–H and O–H groups in total. The van der Waals surface area contributed by atoms with Gasteiger partial charge >= 0.3 is 0 Å². The summed E-state index contributed by atoms with van der Waals surface area (Å²) in [5.74, 6) is 0.672. The summed E-state index contributed by atoms with van der Waals surface area (Å²) in [6.07, 6.45) is 0. The molecule has 0 bridgehead atoms. The predicted octanol–water partition coefficient (Wildman–Crippen LogP) is 4.24. The number of ether oxygens (including phenoxy) is 1. The Kier molecular flexibility index (Phi) is 4.23. The highest BCUT2D eigenvalue weighted by atomic mass is 16.5. The van der Waals surface area contributed by atoms with Crippen LogP contribution in [0.1, 0.15) is 39.5 Å². The van der Waals surface area contributed by atoms with Crippen LogP contribution in [-0.2, 0) is 0 Å². The van der Waals surface area contributed by atoms with Crippen LogP contribution in [0.2, 0.25) is 0 Å². The van der Waals surface area contributed by atoms with Gasteiger partial charge in [0.1, 0.15) is 5.75 Å². The second-order valence-electron chi connectivity index (χ2n) is 5.14. The monoisotopic (exact) mass is 268 g/mol. The maximum atomic E-state index is 12.7. The van der Waals surface area contributed by atoms with Gasteiger partial charge in [-0.05, 0) is 52.0 Å². The zero-order chi connectivity index (χ0) is 14.7. The Hall–Kier alpha value is -2.09. The van der Waals surface area contributed by atoms with E-state index in [1.807, 2.05) is 58.0 Å². The van der Waals surface area contributed by atoms with Crippen molar-refractivity contribution in [2.24, 2.45) is 0 Å². The molecule has 0 radical (unpaired) electrons. The molecule has 2 heteroatoms. The van der Waals surface area contributed by atoms with Crippen LogP contribution in [0.15, 0.2) is 36.4 Å². The van der Waals surface area contributed by atoms with Gasteiger partial charge in [0.25, 0.3) is 0 Å². The van der Waals surface area contributed by atoms with Crippen molar-refractivity contribution >= 4 is 5.78 Å². The summed E-state index contributed by atoms with van der Waals surface area (Å²) in [5, 5.41) is 0. The van der Waals surface area contributed by atoms with Crippen molar-refractivity contribution < 1.29 is 9.53 Å². The van der Waals surface area contributed by atoms with Gasteiger partial charge in [0.15, 0.2) is 5.78 Å². The highest BCUT2D eigenvalue weighted by Gasteiger charge is 2.15. The molecule has 2 aromatic carbocycles. The molecule has 0 aliphatic carbocycles. The lowest BCUT2D eigenvalue weighted by molar-refractivity contribution is 0.103. The van der Waals surface area contributed by atoms with E-state index in [0.29, 0.717) is 23.5 Å². The zero-order valence-corrected chi connectivity index (χ0v) is 12.5. The normalized spacial score (nSPS) is 10.4. The molecule has 0 saturated carbocycles. The van der Waals surface area contributed by atoms with Crippen molar-refractivity contribution in [3.8, 4) is 5.75 Å². The summed E-state index contributed by atoms with van der Waals surface area (Å²) in [5.41, 5.74) is 4.60. The number of carbonyl (C=O) groups excluding carboxylic acids is 1. The van der Waals surface area contributed by atoms with E-state index in [1.54, 1.807) is 0 Å². The van der Waals surface area contributed by atoms with E-state index in [2.05, 4.69) is 6.07 Å². The Morgan fingerprint density at radius 2 is 1.60 bits per heavy atom. The standard InChI is InChI=1S/C18H20O2/c1-5-20-17-7-6-12(2)11-16(17)18(19)15-9-13(3)8-14(4)10-15/h6-11H,5H2,1-4H3. The molecule has 0 saturated heterocycles. The van der Waals surface area contributed by atoms with Crippen LogP contribution in [-0.4, -0.2) is 12.4 Å². The number of ketones is 1. The number of carbonyl (C=O) groups is 1. The molecular formula is C18H20O2. The Bertz CT molecular complexity index is 622. The first-order valence-corrected chi connectivity index (χ1v) is 6.87. The van der Waals surface area contributed by atoms with Crippen molar-refractivity contribution in [2.75, 3.05) is 6.61 Å². The SMILES string of the molecule is CCOc1ccc(C)cc1C(=O)c1cc(C)cc(C)c1. The molecule has 0 aliphatic rings. The predicted molar refractivity (Wildman–Crippen MR) is 81.7 cm³/mol. The molecule has 0 aliphatic heterocycles. The summed E-state index contributed by atoms with van der Waals surface area (Å²) in [6.45, 7) is 8.46. The minimum Gasteiger partial charge on any atom is -0.493 e. The molecule has 2 aromatic rings. The molecule has 20 heavy (non-hydrogen) atoms. The van der Waals surface area contributed by atoms with E-state index in [-0.39, 0.29) is 5.78 Å². The lowest BCUT2D eigenvalue weighted by Gasteiger charge is -2.11. The Morgan fingerprint density at radius 3 is 2.20 bits per heavy atom. The fraction of sp³-hybridized carbons (Fsp3) is 0.278. The highest BCUT2D eigenvalue weighted by Crippen LogP contribution is 2.24. The van der Waals surface area contributed by atoms with Crippen LogP contribution in [0.3, 0.4) is 0 Å². The minimum atomic E-state index is 0.0175. The maximum absolute atomic E-state index is 12.7. The Labute approximate surface area is 120 Å². The summed E-state index contributed by atoms with van der Waals surface area (Å²) in [4.78, 5) is 12.7. The molecule has 0 aromatic heterocycles. The quantitative estimate of drug-likeness (QED) is 0.775. The molecule has 2 nitrogen and oxygen atoms in total. The Balaban J connectivity index is 2.49. The molecule has 104 valence electrons. The van der Waals surface area contributed by atoms with Crippen molar-refractivity contribution in [1.82, 2.24) is 0 Å². The number of hydrogen-bond acceptors (Lipinski definition) is 2. The zero-order valence-electron chi connectivity index (χ0n) is 12.5. The first-order chi connectivity index (χ1) is 9.51. The second kappa shape index (κ2) is 5.91. The fourth-order valence-corrected chi connectivity index (χ4v) is 2.36. The third kappa shape index (κ3) is 3.08.